The highest BCUT2D eigenvalue weighted by Gasteiger charge is 2.19. The van der Waals surface area contributed by atoms with Crippen molar-refractivity contribution in [3.63, 3.8) is 0 Å². The van der Waals surface area contributed by atoms with Crippen LogP contribution >= 0.6 is 0 Å². The zero-order chi connectivity index (χ0) is 27.2. The van der Waals surface area contributed by atoms with E-state index in [-0.39, 0.29) is 12.6 Å². The minimum absolute atomic E-state index is 0.242. The first-order chi connectivity index (χ1) is 19.1. The molecule has 0 amide bonds. The van der Waals surface area contributed by atoms with Gasteiger partial charge in [-0.3, -0.25) is 4.90 Å². The fourth-order valence-corrected chi connectivity index (χ4v) is 4.87. The first-order valence-electron chi connectivity index (χ1n) is 13.2. The number of rotatable bonds is 12. The molecule has 7 nitrogen and oxygen atoms in total. The number of imidazole rings is 1. The summed E-state index contributed by atoms with van der Waals surface area (Å²) in [6, 6.07) is 18.5. The van der Waals surface area contributed by atoms with E-state index in [0.717, 1.165) is 70.6 Å². The third kappa shape index (κ3) is 6.17. The van der Waals surface area contributed by atoms with Crippen LogP contribution < -0.4 is 18.9 Å². The Morgan fingerprint density at radius 3 is 2.51 bits per heavy atom. The molecule has 204 valence electrons. The highest BCUT2D eigenvalue weighted by molar-refractivity contribution is 5.56. The molecule has 0 N–H and O–H groups in total. The van der Waals surface area contributed by atoms with E-state index < -0.39 is 0 Å². The van der Waals surface area contributed by atoms with Gasteiger partial charge in [-0.05, 0) is 66.6 Å². The quantitative estimate of drug-likeness (QED) is 0.210. The van der Waals surface area contributed by atoms with E-state index in [9.17, 15) is 4.39 Å². The molecule has 0 saturated carbocycles. The van der Waals surface area contributed by atoms with Gasteiger partial charge < -0.3 is 23.5 Å². The van der Waals surface area contributed by atoms with E-state index in [4.69, 9.17) is 23.9 Å². The molecule has 0 bridgehead atoms. The summed E-state index contributed by atoms with van der Waals surface area (Å²) in [5.41, 5.74) is 4.12. The molecule has 3 aromatic carbocycles. The molecular weight excluding hydrogens is 497 g/mol. The molecule has 0 radical (unpaired) electrons. The van der Waals surface area contributed by atoms with E-state index >= 15 is 0 Å². The Labute approximate surface area is 228 Å². The van der Waals surface area contributed by atoms with Crippen molar-refractivity contribution in [1.82, 2.24) is 14.5 Å². The van der Waals surface area contributed by atoms with Gasteiger partial charge in [0.05, 0.1) is 26.1 Å². The Balaban J connectivity index is 1.49. The lowest BCUT2D eigenvalue weighted by molar-refractivity contribution is 0.174. The second-order valence-corrected chi connectivity index (χ2v) is 9.60. The predicted molar refractivity (Wildman–Crippen MR) is 148 cm³/mol. The normalized spacial score (nSPS) is 12.2. The van der Waals surface area contributed by atoms with E-state index in [0.29, 0.717) is 19.6 Å². The summed E-state index contributed by atoms with van der Waals surface area (Å²) in [5.74, 6) is 3.70. The number of aromatic nitrogens is 2. The topological polar surface area (TPSA) is 58.0 Å². The van der Waals surface area contributed by atoms with Gasteiger partial charge in [-0.2, -0.15) is 0 Å². The number of methoxy groups -OCH3 is 2. The molecule has 1 aromatic heterocycles. The standard InChI is InChI=1S/C31H34FN3O4/c1-4-5-14-35-26(17-33-31(35)23-7-9-25(32)10-8-23)20-34(18-22-6-12-29-30(15-22)39-21-38-29)19-24-16-27(36-2)11-13-28(24)37-3/h6-13,15-17H,4-5,14,18-21H2,1-3H3. The van der Waals surface area contributed by atoms with Crippen LogP contribution in [0.25, 0.3) is 11.4 Å². The van der Waals surface area contributed by atoms with Gasteiger partial charge >= 0.3 is 0 Å². The molecule has 39 heavy (non-hydrogen) atoms. The van der Waals surface area contributed by atoms with Gasteiger partial charge in [-0.1, -0.05) is 19.4 Å². The van der Waals surface area contributed by atoms with Gasteiger partial charge in [0, 0.05) is 37.3 Å². The zero-order valence-electron chi connectivity index (χ0n) is 22.7. The van der Waals surface area contributed by atoms with E-state index in [1.54, 1.807) is 26.4 Å². The highest BCUT2D eigenvalue weighted by Crippen LogP contribution is 2.34. The smallest absolute Gasteiger partial charge is 0.231 e. The lowest BCUT2D eigenvalue weighted by Crippen LogP contribution is -2.24. The molecule has 4 aromatic rings. The second-order valence-electron chi connectivity index (χ2n) is 9.60. The van der Waals surface area contributed by atoms with Crippen LogP contribution in [-0.2, 0) is 26.2 Å². The molecule has 0 spiro atoms. The number of nitrogens with zero attached hydrogens (tertiary/aromatic N) is 3. The maximum Gasteiger partial charge on any atom is 0.231 e. The SMILES string of the molecule is CCCCn1c(CN(Cc2ccc3c(c2)OCO3)Cc2cc(OC)ccc2OC)cnc1-c1ccc(F)cc1. The summed E-state index contributed by atoms with van der Waals surface area (Å²) >= 11 is 0. The van der Waals surface area contributed by atoms with E-state index in [1.807, 2.05) is 36.5 Å². The van der Waals surface area contributed by atoms with Crippen molar-refractivity contribution in [1.29, 1.82) is 0 Å². The Kier molecular flexibility index (Phi) is 8.32. The van der Waals surface area contributed by atoms with Crippen LogP contribution in [-0.4, -0.2) is 35.5 Å². The molecular formula is C31H34FN3O4. The lowest BCUT2D eigenvalue weighted by Gasteiger charge is -2.25. The van der Waals surface area contributed by atoms with Crippen molar-refractivity contribution in [3.8, 4) is 34.4 Å². The van der Waals surface area contributed by atoms with Gasteiger partial charge in [0.2, 0.25) is 6.79 Å². The largest absolute Gasteiger partial charge is 0.497 e. The fourth-order valence-electron chi connectivity index (χ4n) is 4.87. The fraction of sp³-hybridized carbons (Fsp3) is 0.323. The summed E-state index contributed by atoms with van der Waals surface area (Å²) < 4.78 is 38.2. The van der Waals surface area contributed by atoms with Crippen LogP contribution in [0.5, 0.6) is 23.0 Å². The molecule has 2 heterocycles. The molecule has 0 atom stereocenters. The number of benzene rings is 3. The van der Waals surface area contributed by atoms with Crippen LogP contribution in [0.3, 0.4) is 0 Å². The summed E-state index contributed by atoms with van der Waals surface area (Å²) in [7, 11) is 3.35. The monoisotopic (exact) mass is 531 g/mol. The molecule has 0 saturated heterocycles. The number of unbranched alkanes of at least 4 members (excludes halogenated alkanes) is 1. The van der Waals surface area contributed by atoms with Crippen molar-refractivity contribution >= 4 is 0 Å². The predicted octanol–water partition coefficient (Wildman–Crippen LogP) is 6.44. The van der Waals surface area contributed by atoms with Gasteiger partial charge in [0.1, 0.15) is 23.1 Å². The van der Waals surface area contributed by atoms with Gasteiger partial charge in [-0.25, -0.2) is 9.37 Å². The summed E-state index contributed by atoms with van der Waals surface area (Å²) in [6.07, 6.45) is 4.01. The molecule has 0 unspecified atom stereocenters. The Bertz CT molecular complexity index is 1400. The number of hydrogen-bond acceptors (Lipinski definition) is 6. The maximum atomic E-state index is 13.6. The first-order valence-corrected chi connectivity index (χ1v) is 13.2. The number of hydrogen-bond donors (Lipinski definition) is 0. The minimum atomic E-state index is -0.257. The summed E-state index contributed by atoms with van der Waals surface area (Å²) in [6.45, 7) is 5.19. The third-order valence-corrected chi connectivity index (χ3v) is 6.89. The van der Waals surface area contributed by atoms with E-state index in [1.165, 1.54) is 12.1 Å². The van der Waals surface area contributed by atoms with Gasteiger partial charge in [0.25, 0.3) is 0 Å². The molecule has 1 aliphatic heterocycles. The summed E-state index contributed by atoms with van der Waals surface area (Å²) in [4.78, 5) is 7.13. The van der Waals surface area contributed by atoms with Crippen LogP contribution in [0.2, 0.25) is 0 Å². The van der Waals surface area contributed by atoms with Crippen LogP contribution in [0, 0.1) is 5.82 Å². The minimum Gasteiger partial charge on any atom is -0.497 e. The second kappa shape index (κ2) is 12.2. The maximum absolute atomic E-state index is 13.6. The number of ether oxygens (including phenoxy) is 4. The Hall–Kier alpha value is -4.04. The van der Waals surface area contributed by atoms with Crippen molar-refractivity contribution < 1.29 is 23.3 Å². The third-order valence-electron chi connectivity index (χ3n) is 6.89. The average Bonchev–Trinajstić information content (AvgIpc) is 3.58. The number of fused-ring (bicyclic) bond motifs is 1. The average molecular weight is 532 g/mol. The van der Waals surface area contributed by atoms with E-state index in [2.05, 4.69) is 22.5 Å². The van der Waals surface area contributed by atoms with Crippen molar-refractivity contribution in [2.24, 2.45) is 0 Å². The molecule has 1 aliphatic rings. The highest BCUT2D eigenvalue weighted by atomic mass is 19.1. The lowest BCUT2D eigenvalue weighted by atomic mass is 10.1. The molecule has 5 rings (SSSR count). The van der Waals surface area contributed by atoms with Crippen molar-refractivity contribution in [2.75, 3.05) is 21.0 Å². The molecule has 8 heteroatoms. The Morgan fingerprint density at radius 2 is 1.74 bits per heavy atom. The van der Waals surface area contributed by atoms with Crippen LogP contribution in [0.15, 0.2) is 66.9 Å². The van der Waals surface area contributed by atoms with Gasteiger partial charge in [-0.15, -0.1) is 0 Å². The van der Waals surface area contributed by atoms with Crippen molar-refractivity contribution in [2.45, 2.75) is 45.9 Å². The molecule has 0 fully saturated rings. The van der Waals surface area contributed by atoms with Crippen LogP contribution in [0.4, 0.5) is 4.39 Å². The zero-order valence-corrected chi connectivity index (χ0v) is 22.7. The van der Waals surface area contributed by atoms with Crippen LogP contribution in [0.1, 0.15) is 36.6 Å². The van der Waals surface area contributed by atoms with Crippen molar-refractivity contribution in [3.05, 3.63) is 89.5 Å². The number of halogens is 1. The first kappa shape index (κ1) is 26.6. The van der Waals surface area contributed by atoms with Gasteiger partial charge in [0.15, 0.2) is 11.5 Å². The summed E-state index contributed by atoms with van der Waals surface area (Å²) in [5, 5.41) is 0. The molecule has 0 aliphatic carbocycles. The Morgan fingerprint density at radius 1 is 0.923 bits per heavy atom.